The van der Waals surface area contributed by atoms with E-state index in [9.17, 15) is 29.4 Å². The monoisotopic (exact) mass is 386 g/mol. The molecule has 1 aliphatic heterocycles. The van der Waals surface area contributed by atoms with E-state index < -0.39 is 54.5 Å². The molecule has 0 aromatic heterocycles. The summed E-state index contributed by atoms with van der Waals surface area (Å²) in [7, 11) is 0. The highest BCUT2D eigenvalue weighted by Crippen LogP contribution is 2.21. The lowest BCUT2D eigenvalue weighted by Gasteiger charge is -2.30. The number of nitrogens with one attached hydrogen (secondary N) is 2. The Balaban J connectivity index is 2.74. The Morgan fingerprint density at radius 3 is 2.41 bits per heavy atom. The first-order chi connectivity index (χ1) is 12.6. The van der Waals surface area contributed by atoms with Gasteiger partial charge in [-0.2, -0.15) is 0 Å². The molecule has 27 heavy (non-hydrogen) atoms. The van der Waals surface area contributed by atoms with E-state index in [4.69, 9.17) is 5.73 Å². The molecular weight excluding hydrogens is 356 g/mol. The fraction of sp³-hybridized carbons (Fsp3) is 0.765. The molecule has 1 fully saturated rings. The minimum absolute atomic E-state index is 0.216. The van der Waals surface area contributed by atoms with Crippen molar-refractivity contribution in [2.75, 3.05) is 13.1 Å². The molecule has 1 heterocycles. The predicted octanol–water partition coefficient (Wildman–Crippen LogP) is -1.58. The van der Waals surface area contributed by atoms with Crippen LogP contribution < -0.4 is 16.4 Å². The molecule has 1 saturated heterocycles. The van der Waals surface area contributed by atoms with Crippen LogP contribution in [0.4, 0.5) is 0 Å². The van der Waals surface area contributed by atoms with Crippen molar-refractivity contribution in [1.82, 2.24) is 15.5 Å². The molecule has 5 atom stereocenters. The van der Waals surface area contributed by atoms with Gasteiger partial charge in [-0.25, -0.2) is 4.79 Å². The third-order valence-electron chi connectivity index (χ3n) is 4.86. The van der Waals surface area contributed by atoms with E-state index in [1.165, 1.54) is 11.8 Å². The van der Waals surface area contributed by atoms with Gasteiger partial charge >= 0.3 is 5.97 Å². The standard InChI is InChI=1S/C17H30N4O6/c1-4-9(2)14(16(25)21-7-5-6-11(21)17(26)27)20-12(23)8-19-15(24)13(18)10(3)22/h9-11,13-14,22H,4-8,18H2,1-3H3,(H,19,24)(H,20,23)(H,26,27). The highest BCUT2D eigenvalue weighted by atomic mass is 16.4. The zero-order valence-electron chi connectivity index (χ0n) is 16.0. The second-order valence-electron chi connectivity index (χ2n) is 6.94. The number of hydrogen-bond donors (Lipinski definition) is 5. The molecule has 0 radical (unpaired) electrons. The molecule has 3 amide bonds. The molecule has 0 aromatic rings. The lowest BCUT2D eigenvalue weighted by Crippen LogP contribution is -2.56. The van der Waals surface area contributed by atoms with Crippen LogP contribution in [0.15, 0.2) is 0 Å². The summed E-state index contributed by atoms with van der Waals surface area (Å²) in [4.78, 5) is 49.4. The zero-order valence-corrected chi connectivity index (χ0v) is 16.0. The Morgan fingerprint density at radius 1 is 1.26 bits per heavy atom. The van der Waals surface area contributed by atoms with Crippen LogP contribution in [0.1, 0.15) is 40.0 Å². The Kier molecular flexibility index (Phi) is 8.64. The number of carboxylic acid groups (broad SMARTS) is 1. The van der Waals surface area contributed by atoms with Gasteiger partial charge in [0.1, 0.15) is 18.1 Å². The number of aliphatic carboxylic acids is 1. The zero-order chi connectivity index (χ0) is 20.7. The molecule has 1 rings (SSSR count). The van der Waals surface area contributed by atoms with Gasteiger partial charge in [0.25, 0.3) is 0 Å². The number of rotatable bonds is 9. The van der Waals surface area contributed by atoms with Crippen molar-refractivity contribution in [2.45, 2.75) is 64.3 Å². The number of nitrogens with zero attached hydrogens (tertiary/aromatic N) is 1. The van der Waals surface area contributed by atoms with Crippen LogP contribution in [0.2, 0.25) is 0 Å². The summed E-state index contributed by atoms with van der Waals surface area (Å²) < 4.78 is 0. The summed E-state index contributed by atoms with van der Waals surface area (Å²) >= 11 is 0. The van der Waals surface area contributed by atoms with Gasteiger partial charge in [0.15, 0.2) is 0 Å². The number of aliphatic hydroxyl groups excluding tert-OH is 1. The Morgan fingerprint density at radius 2 is 1.89 bits per heavy atom. The van der Waals surface area contributed by atoms with Gasteiger partial charge in [0.05, 0.1) is 12.6 Å². The van der Waals surface area contributed by atoms with Gasteiger partial charge in [0, 0.05) is 6.54 Å². The number of carboxylic acids is 1. The van der Waals surface area contributed by atoms with E-state index in [2.05, 4.69) is 10.6 Å². The summed E-state index contributed by atoms with van der Waals surface area (Å²) in [6, 6.07) is -2.93. The number of carbonyl (C=O) groups excluding carboxylic acids is 3. The largest absolute Gasteiger partial charge is 0.480 e. The SMILES string of the molecule is CCC(C)C(NC(=O)CNC(=O)C(N)C(C)O)C(=O)N1CCCC1C(=O)O. The first-order valence-electron chi connectivity index (χ1n) is 9.14. The summed E-state index contributed by atoms with van der Waals surface area (Å²) in [6.07, 6.45) is 0.513. The maximum Gasteiger partial charge on any atom is 0.326 e. The molecule has 1 aliphatic rings. The lowest BCUT2D eigenvalue weighted by molar-refractivity contribution is -0.150. The van der Waals surface area contributed by atoms with Crippen LogP contribution in [-0.4, -0.2) is 76.1 Å². The molecule has 6 N–H and O–H groups in total. The number of amides is 3. The van der Waals surface area contributed by atoms with Crippen molar-refractivity contribution < 1.29 is 29.4 Å². The van der Waals surface area contributed by atoms with Crippen LogP contribution in [0.5, 0.6) is 0 Å². The molecule has 0 aromatic carbocycles. The molecular formula is C17H30N4O6. The third kappa shape index (κ3) is 6.17. The van der Waals surface area contributed by atoms with E-state index in [-0.39, 0.29) is 5.92 Å². The van der Waals surface area contributed by atoms with Crippen LogP contribution in [0.25, 0.3) is 0 Å². The van der Waals surface area contributed by atoms with Crippen molar-refractivity contribution in [3.8, 4) is 0 Å². The smallest absolute Gasteiger partial charge is 0.326 e. The van der Waals surface area contributed by atoms with Gasteiger partial charge in [-0.1, -0.05) is 20.3 Å². The molecule has 10 heteroatoms. The number of hydrogen-bond acceptors (Lipinski definition) is 6. The van der Waals surface area contributed by atoms with Crippen LogP contribution in [0, 0.1) is 5.92 Å². The van der Waals surface area contributed by atoms with E-state index in [0.717, 1.165) is 0 Å². The number of aliphatic hydroxyl groups is 1. The molecule has 5 unspecified atom stereocenters. The minimum atomic E-state index is -1.16. The van der Waals surface area contributed by atoms with Gasteiger partial charge < -0.3 is 31.5 Å². The van der Waals surface area contributed by atoms with E-state index in [1.54, 1.807) is 6.92 Å². The van der Waals surface area contributed by atoms with Crippen molar-refractivity contribution >= 4 is 23.7 Å². The average Bonchev–Trinajstić information content (AvgIpc) is 3.12. The maximum absolute atomic E-state index is 12.8. The molecule has 0 aliphatic carbocycles. The van der Waals surface area contributed by atoms with Gasteiger partial charge in [-0.05, 0) is 25.7 Å². The van der Waals surface area contributed by atoms with Crippen molar-refractivity contribution in [2.24, 2.45) is 11.7 Å². The molecule has 0 saturated carbocycles. The topological polar surface area (TPSA) is 162 Å². The summed E-state index contributed by atoms with van der Waals surface area (Å²) in [5.41, 5.74) is 5.48. The van der Waals surface area contributed by atoms with Gasteiger partial charge in [-0.15, -0.1) is 0 Å². The second kappa shape index (κ2) is 10.2. The highest BCUT2D eigenvalue weighted by Gasteiger charge is 2.39. The normalized spacial score (nSPS) is 21.1. The maximum atomic E-state index is 12.8. The first kappa shape index (κ1) is 22.8. The summed E-state index contributed by atoms with van der Waals surface area (Å²) in [5.74, 6) is -2.99. The molecule has 0 bridgehead atoms. The average molecular weight is 386 g/mol. The Labute approximate surface area is 158 Å². The van der Waals surface area contributed by atoms with Crippen molar-refractivity contribution in [3.63, 3.8) is 0 Å². The molecule has 154 valence electrons. The van der Waals surface area contributed by atoms with Crippen molar-refractivity contribution in [1.29, 1.82) is 0 Å². The van der Waals surface area contributed by atoms with Crippen LogP contribution in [-0.2, 0) is 19.2 Å². The van der Waals surface area contributed by atoms with E-state index >= 15 is 0 Å². The van der Waals surface area contributed by atoms with Gasteiger partial charge in [0.2, 0.25) is 17.7 Å². The fourth-order valence-electron chi connectivity index (χ4n) is 2.88. The predicted molar refractivity (Wildman–Crippen MR) is 96.4 cm³/mol. The van der Waals surface area contributed by atoms with Crippen LogP contribution in [0.3, 0.4) is 0 Å². The third-order valence-corrected chi connectivity index (χ3v) is 4.86. The highest BCUT2D eigenvalue weighted by molar-refractivity contribution is 5.93. The Hall–Kier alpha value is -2.20. The summed E-state index contributed by atoms with van der Waals surface area (Å²) in [6.45, 7) is 4.94. The van der Waals surface area contributed by atoms with Crippen molar-refractivity contribution in [3.05, 3.63) is 0 Å². The molecule has 0 spiro atoms. The number of carbonyl (C=O) groups is 4. The number of nitrogens with two attached hydrogens (primary N) is 1. The number of likely N-dealkylation sites (tertiary alicyclic amines) is 1. The lowest BCUT2D eigenvalue weighted by atomic mass is 9.97. The molecule has 10 nitrogen and oxygen atoms in total. The first-order valence-corrected chi connectivity index (χ1v) is 9.14. The minimum Gasteiger partial charge on any atom is -0.480 e. The fourth-order valence-corrected chi connectivity index (χ4v) is 2.88. The quantitative estimate of drug-likeness (QED) is 0.319. The van der Waals surface area contributed by atoms with E-state index in [0.29, 0.717) is 25.8 Å². The van der Waals surface area contributed by atoms with E-state index in [1.807, 2.05) is 6.92 Å². The Bertz CT molecular complexity index is 568. The van der Waals surface area contributed by atoms with Gasteiger partial charge in [-0.3, -0.25) is 14.4 Å². The van der Waals surface area contributed by atoms with Crippen LogP contribution >= 0.6 is 0 Å². The second-order valence-corrected chi connectivity index (χ2v) is 6.94. The summed E-state index contributed by atoms with van der Waals surface area (Å²) in [5, 5.41) is 23.5.